The lowest BCUT2D eigenvalue weighted by atomic mass is 9.74. The number of unbranched alkanes of at least 4 members (excludes halogenated alkanes) is 1. The first-order valence-electron chi connectivity index (χ1n) is 17.7. The Morgan fingerprint density at radius 2 is 1.76 bits per heavy atom. The van der Waals surface area contributed by atoms with Crippen molar-refractivity contribution in [2.75, 3.05) is 38.6 Å². The topological polar surface area (TPSA) is 153 Å². The molecule has 0 spiro atoms. The molecule has 0 aromatic heterocycles. The molecule has 1 aromatic rings. The van der Waals surface area contributed by atoms with Gasteiger partial charge in [0.25, 0.3) is 0 Å². The number of nitrogens with zero attached hydrogens (tertiary/aromatic N) is 1. The number of carbonyl (C=O) groups excluding carboxylic acids is 4. The Kier molecular flexibility index (Phi) is 9.95. The molecule has 3 heterocycles. The molecule has 0 radical (unpaired) electrons. The maximum Gasteiger partial charge on any atom is 0.315 e. The van der Waals surface area contributed by atoms with Crippen LogP contribution in [0, 0.1) is 23.5 Å². The molecule has 4 saturated carbocycles. The molecule has 3 aliphatic heterocycles. The SMILES string of the molecule is O=C(CCCCC1SCC2NC(=O)NC21)NCCOCCNC(=O)NC12CC3CC1CC(NCC(=O)N1Cc4cc(F)c(F)cc4C1)(C3)C2. The molecule has 12 nitrogen and oxygen atoms in total. The second-order valence-electron chi connectivity index (χ2n) is 14.9. The van der Waals surface area contributed by atoms with E-state index in [0.29, 0.717) is 60.9 Å². The standard InChI is InChI=1S/C34H47F2N7O5S/c35-24-10-21-16-43(17-22(21)11-25(24)36)29(45)15-39-33-12-20-9-23(14-33)34(13-20,19-33)42-31(46)38-6-8-48-7-5-37-28(44)4-2-1-3-27-30-26(18-49-27)40-32(47)41-30/h10-11,20,23,26-27,30,39H,1-9,12-19H2,(H,37,44)(H2,38,42,46)(H2,40,41,47). The summed E-state index contributed by atoms with van der Waals surface area (Å²) >= 11 is 1.88. The van der Waals surface area contributed by atoms with Gasteiger partial charge in [0.1, 0.15) is 0 Å². The van der Waals surface area contributed by atoms with Crippen LogP contribution in [0.5, 0.6) is 0 Å². The third-order valence-electron chi connectivity index (χ3n) is 11.5. The molecule has 8 rings (SSSR count). The van der Waals surface area contributed by atoms with Crippen molar-refractivity contribution in [2.45, 2.75) is 99.3 Å². The average Bonchev–Trinajstić information content (AvgIpc) is 3.83. The smallest absolute Gasteiger partial charge is 0.315 e. The maximum atomic E-state index is 13.7. The minimum atomic E-state index is -0.894. The van der Waals surface area contributed by atoms with Gasteiger partial charge in [-0.3, -0.25) is 9.59 Å². The number of hydrogen-bond acceptors (Lipinski definition) is 7. The van der Waals surface area contributed by atoms with Gasteiger partial charge in [-0.2, -0.15) is 11.8 Å². The number of thioether (sulfide) groups is 1. The molecule has 7 atom stereocenters. The quantitative estimate of drug-likeness (QED) is 0.121. The van der Waals surface area contributed by atoms with E-state index in [1.165, 1.54) is 12.1 Å². The second-order valence-corrected chi connectivity index (χ2v) is 16.1. The zero-order valence-corrected chi connectivity index (χ0v) is 28.5. The van der Waals surface area contributed by atoms with E-state index in [-0.39, 0.29) is 66.7 Å². The second kappa shape index (κ2) is 14.2. The lowest BCUT2D eigenvalue weighted by molar-refractivity contribution is -0.131. The fourth-order valence-corrected chi connectivity index (χ4v) is 11.0. The van der Waals surface area contributed by atoms with E-state index >= 15 is 0 Å². The molecule has 4 bridgehead atoms. The van der Waals surface area contributed by atoms with Gasteiger partial charge in [0.05, 0.1) is 31.8 Å². The summed E-state index contributed by atoms with van der Waals surface area (Å²) in [7, 11) is 0. The zero-order valence-electron chi connectivity index (χ0n) is 27.7. The van der Waals surface area contributed by atoms with Crippen LogP contribution in [0.15, 0.2) is 12.1 Å². The van der Waals surface area contributed by atoms with Crippen molar-refractivity contribution >= 4 is 35.6 Å². The monoisotopic (exact) mass is 703 g/mol. The van der Waals surface area contributed by atoms with Crippen LogP contribution in [0.25, 0.3) is 0 Å². The predicted molar refractivity (Wildman–Crippen MR) is 178 cm³/mol. The number of nitrogens with one attached hydrogen (secondary N) is 6. The maximum absolute atomic E-state index is 13.7. The minimum absolute atomic E-state index is 0.000451. The number of rotatable bonds is 15. The fraction of sp³-hybridized carbons (Fsp3) is 0.706. The minimum Gasteiger partial charge on any atom is -0.378 e. The lowest BCUT2D eigenvalue weighted by Crippen LogP contribution is -2.57. The lowest BCUT2D eigenvalue weighted by Gasteiger charge is -2.42. The Hall–Kier alpha value is -3.17. The third-order valence-corrected chi connectivity index (χ3v) is 13.0. The molecule has 6 amide bonds. The number of fused-ring (bicyclic) bond motifs is 2. The Bertz CT molecular complexity index is 1440. The van der Waals surface area contributed by atoms with E-state index in [4.69, 9.17) is 4.74 Å². The van der Waals surface area contributed by atoms with Crippen molar-refractivity contribution in [1.82, 2.24) is 36.8 Å². The predicted octanol–water partition coefficient (Wildman–Crippen LogP) is 2.26. The van der Waals surface area contributed by atoms with E-state index in [0.717, 1.165) is 57.1 Å². The molecular weight excluding hydrogens is 656 g/mol. The summed E-state index contributed by atoms with van der Waals surface area (Å²) < 4.78 is 33.0. The summed E-state index contributed by atoms with van der Waals surface area (Å²) in [6.07, 6.45) is 7.85. The van der Waals surface area contributed by atoms with Crippen LogP contribution in [0.2, 0.25) is 0 Å². The largest absolute Gasteiger partial charge is 0.378 e. The molecule has 6 fully saturated rings. The van der Waals surface area contributed by atoms with Crippen molar-refractivity contribution < 1.29 is 32.7 Å². The molecule has 2 saturated heterocycles. The molecule has 7 aliphatic rings. The first-order valence-corrected chi connectivity index (χ1v) is 18.7. The van der Waals surface area contributed by atoms with E-state index in [1.807, 2.05) is 11.8 Å². The Labute approximate surface area is 289 Å². The van der Waals surface area contributed by atoms with Crippen LogP contribution in [-0.4, -0.2) is 95.8 Å². The summed E-state index contributed by atoms with van der Waals surface area (Å²) in [5.74, 6) is -0.106. The van der Waals surface area contributed by atoms with E-state index in [1.54, 1.807) is 4.90 Å². The molecule has 6 N–H and O–H groups in total. The normalized spacial score (nSPS) is 31.8. The molecule has 7 unspecified atom stereocenters. The van der Waals surface area contributed by atoms with Gasteiger partial charge in [0.2, 0.25) is 11.8 Å². The molecular formula is C34H47F2N7O5S. The molecule has 49 heavy (non-hydrogen) atoms. The summed E-state index contributed by atoms with van der Waals surface area (Å²) in [4.78, 5) is 51.3. The van der Waals surface area contributed by atoms with E-state index in [2.05, 4.69) is 31.9 Å². The van der Waals surface area contributed by atoms with Gasteiger partial charge in [-0.15, -0.1) is 0 Å². The van der Waals surface area contributed by atoms with Crippen LogP contribution in [0.3, 0.4) is 0 Å². The van der Waals surface area contributed by atoms with Crippen molar-refractivity contribution in [3.05, 3.63) is 34.9 Å². The van der Waals surface area contributed by atoms with Crippen LogP contribution in [-0.2, 0) is 27.4 Å². The average molecular weight is 704 g/mol. The highest BCUT2D eigenvalue weighted by Crippen LogP contribution is 2.62. The van der Waals surface area contributed by atoms with Crippen molar-refractivity contribution in [3.8, 4) is 0 Å². The summed E-state index contributed by atoms with van der Waals surface area (Å²) in [6, 6.07) is 2.48. The summed E-state index contributed by atoms with van der Waals surface area (Å²) in [6.45, 7) is 2.17. The van der Waals surface area contributed by atoms with E-state index in [9.17, 15) is 28.0 Å². The van der Waals surface area contributed by atoms with Crippen molar-refractivity contribution in [1.29, 1.82) is 0 Å². The Morgan fingerprint density at radius 1 is 1.00 bits per heavy atom. The van der Waals surface area contributed by atoms with E-state index < -0.39 is 11.6 Å². The van der Waals surface area contributed by atoms with Gasteiger partial charge in [-0.1, -0.05) is 6.42 Å². The molecule has 1 aromatic carbocycles. The number of hydrogen-bond donors (Lipinski definition) is 6. The first kappa shape index (κ1) is 34.3. The van der Waals surface area contributed by atoms with Crippen LogP contribution < -0.4 is 31.9 Å². The van der Waals surface area contributed by atoms with Crippen LogP contribution in [0.1, 0.15) is 68.9 Å². The zero-order chi connectivity index (χ0) is 34.2. The van der Waals surface area contributed by atoms with Gasteiger partial charge >= 0.3 is 12.1 Å². The number of urea groups is 2. The third kappa shape index (κ3) is 7.48. The fourth-order valence-electron chi connectivity index (χ4n) is 9.48. The number of halogens is 2. The van der Waals surface area contributed by atoms with Crippen molar-refractivity contribution in [2.24, 2.45) is 11.8 Å². The van der Waals surface area contributed by atoms with Gasteiger partial charge in [-0.05, 0) is 80.0 Å². The highest BCUT2D eigenvalue weighted by atomic mass is 32.2. The number of carbonyl (C=O) groups is 4. The number of amides is 6. The van der Waals surface area contributed by atoms with Gasteiger partial charge in [0.15, 0.2) is 11.6 Å². The Balaban J connectivity index is 0.747. The summed E-state index contributed by atoms with van der Waals surface area (Å²) in [5, 5.41) is 19.0. The highest BCUT2D eigenvalue weighted by Gasteiger charge is 2.64. The molecule has 4 aliphatic carbocycles. The number of ether oxygens (including phenoxy) is 1. The van der Waals surface area contributed by atoms with Gasteiger partial charge in [-0.25, -0.2) is 18.4 Å². The van der Waals surface area contributed by atoms with Gasteiger partial charge < -0.3 is 41.5 Å². The van der Waals surface area contributed by atoms with Gasteiger partial charge in [0, 0.05) is 54.7 Å². The van der Waals surface area contributed by atoms with Crippen LogP contribution >= 0.6 is 11.8 Å². The number of benzene rings is 1. The molecule has 15 heteroatoms. The highest BCUT2D eigenvalue weighted by molar-refractivity contribution is 8.00. The van der Waals surface area contributed by atoms with Crippen LogP contribution in [0.4, 0.5) is 18.4 Å². The van der Waals surface area contributed by atoms with Crippen molar-refractivity contribution in [3.63, 3.8) is 0 Å². The molecule has 268 valence electrons. The first-order chi connectivity index (χ1) is 23.6. The Morgan fingerprint density at radius 3 is 2.53 bits per heavy atom. The summed E-state index contributed by atoms with van der Waals surface area (Å²) in [5.41, 5.74) is 0.784.